The van der Waals surface area contributed by atoms with Gasteiger partial charge in [-0.05, 0) is 37.7 Å². The molecule has 0 atom stereocenters. The van der Waals surface area contributed by atoms with Crippen molar-refractivity contribution >= 4 is 23.8 Å². The number of carbonyl (C=O) groups excluding carboxylic acids is 2. The summed E-state index contributed by atoms with van der Waals surface area (Å²) in [5.41, 5.74) is -1.05. The first kappa shape index (κ1) is 17.3. The largest absolute Gasteiger partial charge is 0.454 e. The van der Waals surface area contributed by atoms with Crippen LogP contribution in [0.3, 0.4) is 0 Å². The second-order valence-electron chi connectivity index (χ2n) is 7.08. The maximum Gasteiger partial charge on any atom is 0.346 e. The van der Waals surface area contributed by atoms with E-state index < -0.39 is 22.4 Å². The highest BCUT2D eigenvalue weighted by Crippen LogP contribution is 2.38. The minimum absolute atomic E-state index is 0.0267. The number of fused-ring (bicyclic) bond motifs is 1. The quantitative estimate of drug-likeness (QED) is 0.374. The number of ether oxygens (including phenoxy) is 2. The van der Waals surface area contributed by atoms with Gasteiger partial charge in [0, 0.05) is 0 Å². The van der Waals surface area contributed by atoms with E-state index in [0.29, 0.717) is 24.5 Å². The summed E-state index contributed by atoms with van der Waals surface area (Å²) in [6, 6.07) is 2.02. The number of nitrogens with one attached hydrogen (secondary N) is 1. The van der Waals surface area contributed by atoms with Gasteiger partial charge in [-0.25, -0.2) is 4.79 Å². The van der Waals surface area contributed by atoms with Crippen LogP contribution >= 0.6 is 0 Å². The summed E-state index contributed by atoms with van der Waals surface area (Å²) in [6.45, 7) is 2.09. The van der Waals surface area contributed by atoms with E-state index in [4.69, 9.17) is 9.47 Å². The fraction of sp³-hybridized carbons (Fsp3) is 0.471. The van der Waals surface area contributed by atoms with E-state index >= 15 is 0 Å². The van der Waals surface area contributed by atoms with Crippen molar-refractivity contribution in [3.63, 3.8) is 0 Å². The molecule has 4 rings (SSSR count). The van der Waals surface area contributed by atoms with Crippen molar-refractivity contribution in [3.05, 3.63) is 27.8 Å². The predicted molar refractivity (Wildman–Crippen MR) is 92.6 cm³/mol. The van der Waals surface area contributed by atoms with Gasteiger partial charge in [0.1, 0.15) is 5.54 Å². The third kappa shape index (κ3) is 2.86. The van der Waals surface area contributed by atoms with Crippen LogP contribution in [0.25, 0.3) is 0 Å². The van der Waals surface area contributed by atoms with Crippen molar-refractivity contribution < 1.29 is 24.0 Å². The van der Waals surface area contributed by atoms with Crippen LogP contribution in [0, 0.1) is 16.0 Å². The summed E-state index contributed by atoms with van der Waals surface area (Å²) in [5.74, 6) is 0.703. The van der Waals surface area contributed by atoms with Crippen LogP contribution in [0.5, 0.6) is 11.5 Å². The standard InChI is InChI=1S/C17H18N4O6/c1-10-2-4-17(5-3-10)15(22)20(16(23)19-17)18-8-11-6-13-14(27-9-26-13)7-12(11)21(24)25/h6-8,10H,2-5,9H2,1H3,(H,19,23). The molecule has 1 aliphatic carbocycles. The fourth-order valence-corrected chi connectivity index (χ4v) is 3.63. The van der Waals surface area contributed by atoms with Gasteiger partial charge in [-0.1, -0.05) is 6.92 Å². The number of rotatable bonds is 3. The lowest BCUT2D eigenvalue weighted by Gasteiger charge is -2.33. The number of imide groups is 1. The van der Waals surface area contributed by atoms with Gasteiger partial charge in [0.15, 0.2) is 11.5 Å². The van der Waals surface area contributed by atoms with Crippen molar-refractivity contribution in [2.24, 2.45) is 11.0 Å². The third-order valence-corrected chi connectivity index (χ3v) is 5.30. The van der Waals surface area contributed by atoms with Gasteiger partial charge < -0.3 is 14.8 Å². The summed E-state index contributed by atoms with van der Waals surface area (Å²) >= 11 is 0. The number of carbonyl (C=O) groups is 2. The fourth-order valence-electron chi connectivity index (χ4n) is 3.63. The third-order valence-electron chi connectivity index (χ3n) is 5.30. The minimum Gasteiger partial charge on any atom is -0.454 e. The van der Waals surface area contributed by atoms with E-state index in [9.17, 15) is 19.7 Å². The normalized spacial score (nSPS) is 26.9. The van der Waals surface area contributed by atoms with Gasteiger partial charge in [0.05, 0.1) is 22.8 Å². The zero-order valence-corrected chi connectivity index (χ0v) is 14.6. The molecule has 1 spiro atoms. The Morgan fingerprint density at radius 2 is 1.96 bits per heavy atom. The molecular weight excluding hydrogens is 356 g/mol. The van der Waals surface area contributed by atoms with E-state index in [0.717, 1.165) is 24.1 Å². The van der Waals surface area contributed by atoms with Crippen LogP contribution < -0.4 is 14.8 Å². The summed E-state index contributed by atoms with van der Waals surface area (Å²) in [4.78, 5) is 35.8. The molecule has 1 aromatic carbocycles. The average molecular weight is 374 g/mol. The van der Waals surface area contributed by atoms with Crippen molar-refractivity contribution in [1.82, 2.24) is 10.3 Å². The monoisotopic (exact) mass is 374 g/mol. The molecule has 1 saturated carbocycles. The smallest absolute Gasteiger partial charge is 0.346 e. The first-order valence-corrected chi connectivity index (χ1v) is 8.68. The molecule has 0 radical (unpaired) electrons. The lowest BCUT2D eigenvalue weighted by atomic mass is 9.77. The van der Waals surface area contributed by atoms with Crippen LogP contribution in [0.2, 0.25) is 0 Å². The van der Waals surface area contributed by atoms with Crippen molar-refractivity contribution in [3.8, 4) is 11.5 Å². The molecular formula is C17H18N4O6. The minimum atomic E-state index is -0.915. The molecule has 1 N–H and O–H groups in total. The number of hydrazone groups is 1. The van der Waals surface area contributed by atoms with Gasteiger partial charge in [-0.3, -0.25) is 14.9 Å². The highest BCUT2D eigenvalue weighted by molar-refractivity contribution is 6.07. The van der Waals surface area contributed by atoms with E-state index in [1.165, 1.54) is 12.1 Å². The second kappa shape index (κ2) is 6.22. The Bertz CT molecular complexity index is 859. The Kier molecular flexibility index (Phi) is 3.97. The van der Waals surface area contributed by atoms with Crippen molar-refractivity contribution in [1.29, 1.82) is 0 Å². The molecule has 27 heavy (non-hydrogen) atoms. The number of benzene rings is 1. The van der Waals surface area contributed by atoms with Crippen LogP contribution in [-0.4, -0.2) is 40.4 Å². The van der Waals surface area contributed by atoms with Crippen LogP contribution in [-0.2, 0) is 4.79 Å². The molecule has 2 aliphatic heterocycles. The average Bonchev–Trinajstić information content (AvgIpc) is 3.18. The molecule has 1 aromatic rings. The van der Waals surface area contributed by atoms with Crippen LogP contribution in [0.4, 0.5) is 10.5 Å². The lowest BCUT2D eigenvalue weighted by Crippen LogP contribution is -2.49. The number of urea groups is 1. The summed E-state index contributed by atoms with van der Waals surface area (Å²) in [6.07, 6.45) is 3.94. The Hall–Kier alpha value is -3.17. The zero-order valence-electron chi connectivity index (χ0n) is 14.6. The SMILES string of the molecule is CC1CCC2(CC1)NC(=O)N(N=Cc1cc3c(cc1[N+](=O)[O-])OCO3)C2=O. The van der Waals surface area contributed by atoms with Gasteiger partial charge >= 0.3 is 6.03 Å². The molecule has 3 amide bonds. The summed E-state index contributed by atoms with van der Waals surface area (Å²) in [5, 5.41) is 18.7. The topological polar surface area (TPSA) is 123 Å². The van der Waals surface area contributed by atoms with E-state index in [-0.39, 0.29) is 23.8 Å². The number of nitro benzene ring substituents is 1. The predicted octanol–water partition coefficient (Wildman–Crippen LogP) is 2.16. The Balaban J connectivity index is 1.61. The molecule has 2 fully saturated rings. The Morgan fingerprint density at radius 3 is 2.63 bits per heavy atom. The van der Waals surface area contributed by atoms with E-state index in [1.54, 1.807) is 0 Å². The number of hydrogen-bond acceptors (Lipinski definition) is 7. The Morgan fingerprint density at radius 1 is 1.30 bits per heavy atom. The molecule has 3 aliphatic rings. The Labute approximate surface area is 154 Å². The van der Waals surface area contributed by atoms with Gasteiger partial charge in [0.2, 0.25) is 6.79 Å². The summed E-state index contributed by atoms with van der Waals surface area (Å²) in [7, 11) is 0. The van der Waals surface area contributed by atoms with Crippen molar-refractivity contribution in [2.75, 3.05) is 6.79 Å². The van der Waals surface area contributed by atoms with Crippen molar-refractivity contribution in [2.45, 2.75) is 38.1 Å². The molecule has 142 valence electrons. The lowest BCUT2D eigenvalue weighted by molar-refractivity contribution is -0.385. The van der Waals surface area contributed by atoms with Gasteiger partial charge in [0.25, 0.3) is 11.6 Å². The molecule has 0 bridgehead atoms. The first-order chi connectivity index (χ1) is 12.9. The maximum atomic E-state index is 12.8. The molecule has 10 heteroatoms. The van der Waals surface area contributed by atoms with Gasteiger partial charge in [-0.2, -0.15) is 5.10 Å². The molecule has 2 heterocycles. The molecule has 0 aromatic heterocycles. The van der Waals surface area contributed by atoms with Crippen LogP contribution in [0.1, 0.15) is 38.2 Å². The number of hydrogen-bond donors (Lipinski definition) is 1. The summed E-state index contributed by atoms with van der Waals surface area (Å²) < 4.78 is 10.4. The molecule has 1 saturated heterocycles. The van der Waals surface area contributed by atoms with Gasteiger partial charge in [-0.15, -0.1) is 5.01 Å². The maximum absolute atomic E-state index is 12.8. The first-order valence-electron chi connectivity index (χ1n) is 8.68. The van der Waals surface area contributed by atoms with E-state index in [1.807, 2.05) is 0 Å². The highest BCUT2D eigenvalue weighted by Gasteiger charge is 2.52. The highest BCUT2D eigenvalue weighted by atomic mass is 16.7. The number of nitro groups is 1. The molecule has 10 nitrogen and oxygen atoms in total. The van der Waals surface area contributed by atoms with E-state index in [2.05, 4.69) is 17.3 Å². The zero-order chi connectivity index (χ0) is 19.2. The number of amides is 3. The number of nitrogens with zero attached hydrogens (tertiary/aromatic N) is 3. The molecule has 0 unspecified atom stereocenters. The second-order valence-corrected chi connectivity index (χ2v) is 7.08. The van der Waals surface area contributed by atoms with Crippen LogP contribution in [0.15, 0.2) is 17.2 Å².